The van der Waals surface area contributed by atoms with Crippen LogP contribution in [0, 0.1) is 11.6 Å². The van der Waals surface area contributed by atoms with Gasteiger partial charge in [-0.3, -0.25) is 9.20 Å². The van der Waals surface area contributed by atoms with Crippen molar-refractivity contribution in [3.8, 4) is 33.5 Å². The molecule has 0 fully saturated rings. The topological polar surface area (TPSA) is 21.5 Å². The number of benzene rings is 5. The van der Waals surface area contributed by atoms with E-state index < -0.39 is 17.2 Å². The van der Waals surface area contributed by atoms with Crippen LogP contribution in [0.25, 0.3) is 60.6 Å². The minimum Gasteiger partial charge on any atom is -0.274 e. The molecule has 2 aromatic heterocycles. The smallest absolute Gasteiger partial charge is 0.263 e. The van der Waals surface area contributed by atoms with Crippen LogP contribution in [0.4, 0.5) is 8.78 Å². The molecule has 0 radical (unpaired) electrons. The number of hydrogen-bond donors (Lipinski definition) is 0. The van der Waals surface area contributed by atoms with Gasteiger partial charge in [0.2, 0.25) is 0 Å². The average molecular weight is 510 g/mol. The Kier molecular flexibility index (Phi) is 5.34. The summed E-state index contributed by atoms with van der Waals surface area (Å²) in [7, 11) is 0. The molecule has 0 saturated carbocycles. The summed E-state index contributed by atoms with van der Waals surface area (Å²) in [6, 6.07) is 38.9. The monoisotopic (exact) mass is 509 g/mol. The molecular weight excluding hydrogens is 488 g/mol. The van der Waals surface area contributed by atoms with E-state index in [2.05, 4.69) is 0 Å². The van der Waals surface area contributed by atoms with Crippen LogP contribution >= 0.6 is 0 Å². The molecule has 0 saturated heterocycles. The van der Waals surface area contributed by atoms with Crippen LogP contribution in [0.1, 0.15) is 0 Å². The Morgan fingerprint density at radius 1 is 0.513 bits per heavy atom. The van der Waals surface area contributed by atoms with Gasteiger partial charge < -0.3 is 0 Å². The van der Waals surface area contributed by atoms with Crippen LogP contribution in [0.3, 0.4) is 0 Å². The van der Waals surface area contributed by atoms with Crippen LogP contribution in [0.15, 0.2) is 132 Å². The van der Waals surface area contributed by atoms with Crippen molar-refractivity contribution in [3.63, 3.8) is 0 Å². The Bertz CT molecular complexity index is 2080. The Morgan fingerprint density at radius 3 is 1.64 bits per heavy atom. The number of rotatable bonds is 3. The molecule has 0 aliphatic rings. The molecule has 7 rings (SSSR count). The fraction of sp³-hybridized carbons (Fsp3) is 0. The predicted octanol–water partition coefficient (Wildman–Crippen LogP) is 8.89. The van der Waals surface area contributed by atoms with Crippen LogP contribution in [0.2, 0.25) is 0 Å². The van der Waals surface area contributed by atoms with Crippen molar-refractivity contribution in [2.75, 3.05) is 0 Å². The highest BCUT2D eigenvalue weighted by atomic mass is 19.1. The van der Waals surface area contributed by atoms with Gasteiger partial charge in [0, 0.05) is 28.0 Å². The van der Waals surface area contributed by atoms with E-state index in [-0.39, 0.29) is 10.8 Å². The zero-order valence-corrected chi connectivity index (χ0v) is 20.7. The molecular formula is C35H21F2NO. The molecule has 0 unspecified atom stereocenters. The largest absolute Gasteiger partial charge is 0.274 e. The summed E-state index contributed by atoms with van der Waals surface area (Å²) in [6.07, 6.45) is 0. The first-order valence-corrected chi connectivity index (χ1v) is 12.7. The normalized spacial score (nSPS) is 11.4. The SMILES string of the molecule is O=c1c2cc(F)cc(F)c2c(-c2ccccc2)c2c3ccccc3c(-c3ccccc3)c(-c3ccccc3)n12. The number of halogens is 2. The van der Waals surface area contributed by atoms with E-state index in [9.17, 15) is 9.18 Å². The first-order valence-electron chi connectivity index (χ1n) is 12.7. The highest BCUT2D eigenvalue weighted by molar-refractivity contribution is 6.17. The number of fused-ring (bicyclic) bond motifs is 4. The van der Waals surface area contributed by atoms with Crippen molar-refractivity contribution in [1.82, 2.24) is 4.40 Å². The summed E-state index contributed by atoms with van der Waals surface area (Å²) in [5.74, 6) is -1.55. The van der Waals surface area contributed by atoms with Crippen LogP contribution in [0.5, 0.6) is 0 Å². The Labute approximate surface area is 223 Å². The lowest BCUT2D eigenvalue weighted by Gasteiger charge is -2.22. The van der Waals surface area contributed by atoms with Gasteiger partial charge in [0.25, 0.3) is 5.56 Å². The van der Waals surface area contributed by atoms with Gasteiger partial charge in [-0.25, -0.2) is 8.78 Å². The number of hydrogen-bond acceptors (Lipinski definition) is 1. The summed E-state index contributed by atoms with van der Waals surface area (Å²) in [4.78, 5) is 14.4. The first-order chi connectivity index (χ1) is 19.1. The molecule has 0 atom stereocenters. The minimum atomic E-state index is -0.790. The third-order valence-corrected chi connectivity index (χ3v) is 7.28. The second kappa shape index (κ2) is 9.03. The van der Waals surface area contributed by atoms with Crippen LogP contribution < -0.4 is 5.56 Å². The molecule has 2 nitrogen and oxygen atoms in total. The molecule has 4 heteroatoms. The van der Waals surface area contributed by atoms with Gasteiger partial charge in [-0.05, 0) is 28.1 Å². The fourth-order valence-electron chi connectivity index (χ4n) is 5.72. The van der Waals surface area contributed by atoms with Crippen LogP contribution in [-0.4, -0.2) is 4.40 Å². The molecule has 186 valence electrons. The van der Waals surface area contributed by atoms with Crippen molar-refractivity contribution in [2.45, 2.75) is 0 Å². The summed E-state index contributed by atoms with van der Waals surface area (Å²) < 4.78 is 32.0. The predicted molar refractivity (Wildman–Crippen MR) is 155 cm³/mol. The van der Waals surface area contributed by atoms with E-state index in [1.807, 2.05) is 115 Å². The average Bonchev–Trinajstić information content (AvgIpc) is 2.98. The minimum absolute atomic E-state index is 0.00433. The lowest BCUT2D eigenvalue weighted by Crippen LogP contribution is -2.19. The van der Waals surface area contributed by atoms with E-state index in [0.717, 1.165) is 45.2 Å². The van der Waals surface area contributed by atoms with Gasteiger partial charge in [0.05, 0.1) is 16.6 Å². The summed E-state index contributed by atoms with van der Waals surface area (Å²) in [6.45, 7) is 0. The van der Waals surface area contributed by atoms with Gasteiger partial charge in [0.15, 0.2) is 0 Å². The standard InChI is InChI=1S/C35H21F2NO/c36-25-20-28-32(29(37)21-25)31(23-14-6-2-7-15-23)34-27-19-11-10-18-26(27)30(22-12-4-1-5-13-22)33(38(34)35(28)39)24-16-8-3-9-17-24/h1-21H. The molecule has 0 amide bonds. The molecule has 2 heterocycles. The molecule has 7 aromatic rings. The van der Waals surface area contributed by atoms with E-state index in [1.54, 1.807) is 4.40 Å². The summed E-state index contributed by atoms with van der Waals surface area (Å²) in [5.41, 5.74) is 4.71. The summed E-state index contributed by atoms with van der Waals surface area (Å²) in [5, 5.41) is 1.85. The zero-order valence-electron chi connectivity index (χ0n) is 20.7. The molecule has 39 heavy (non-hydrogen) atoms. The zero-order chi connectivity index (χ0) is 26.5. The molecule has 0 aliphatic heterocycles. The van der Waals surface area contributed by atoms with Crippen LogP contribution in [-0.2, 0) is 0 Å². The van der Waals surface area contributed by atoms with Gasteiger partial charge in [0.1, 0.15) is 11.6 Å². The fourth-order valence-corrected chi connectivity index (χ4v) is 5.72. The van der Waals surface area contributed by atoms with Crippen molar-refractivity contribution in [2.24, 2.45) is 0 Å². The maximum atomic E-state index is 15.7. The van der Waals surface area contributed by atoms with Crippen molar-refractivity contribution < 1.29 is 8.78 Å². The molecule has 0 spiro atoms. The maximum absolute atomic E-state index is 15.7. The van der Waals surface area contributed by atoms with Gasteiger partial charge in [-0.1, -0.05) is 115 Å². The van der Waals surface area contributed by atoms with E-state index in [4.69, 9.17) is 0 Å². The number of aromatic nitrogens is 1. The van der Waals surface area contributed by atoms with E-state index in [0.29, 0.717) is 16.8 Å². The highest BCUT2D eigenvalue weighted by Crippen LogP contribution is 2.44. The maximum Gasteiger partial charge on any atom is 0.263 e. The molecule has 5 aromatic carbocycles. The third-order valence-electron chi connectivity index (χ3n) is 7.28. The number of pyridine rings is 2. The molecule has 0 aliphatic carbocycles. The van der Waals surface area contributed by atoms with Gasteiger partial charge in [-0.15, -0.1) is 0 Å². The molecule has 0 N–H and O–H groups in total. The Balaban J connectivity index is 1.88. The third kappa shape index (κ3) is 3.57. The lowest BCUT2D eigenvalue weighted by atomic mass is 9.89. The number of nitrogens with zero attached hydrogens (tertiary/aromatic N) is 1. The highest BCUT2D eigenvalue weighted by Gasteiger charge is 2.25. The van der Waals surface area contributed by atoms with Gasteiger partial charge in [-0.2, -0.15) is 0 Å². The van der Waals surface area contributed by atoms with Crippen molar-refractivity contribution in [3.05, 3.63) is 149 Å². The lowest BCUT2D eigenvalue weighted by molar-refractivity contribution is 0.592. The second-order valence-electron chi connectivity index (χ2n) is 9.54. The second-order valence-corrected chi connectivity index (χ2v) is 9.54. The first kappa shape index (κ1) is 23.1. The quantitative estimate of drug-likeness (QED) is 0.172. The van der Waals surface area contributed by atoms with Crippen molar-refractivity contribution in [1.29, 1.82) is 0 Å². The Hall–Kier alpha value is -5.09. The van der Waals surface area contributed by atoms with E-state index in [1.165, 1.54) is 0 Å². The van der Waals surface area contributed by atoms with Gasteiger partial charge >= 0.3 is 0 Å². The van der Waals surface area contributed by atoms with Crippen molar-refractivity contribution >= 4 is 27.1 Å². The Morgan fingerprint density at radius 2 is 1.03 bits per heavy atom. The molecule has 0 bridgehead atoms. The summed E-state index contributed by atoms with van der Waals surface area (Å²) >= 11 is 0. The van der Waals surface area contributed by atoms with E-state index >= 15 is 4.39 Å².